The van der Waals surface area contributed by atoms with E-state index in [1.54, 1.807) is 6.92 Å². The second-order valence-electron chi connectivity index (χ2n) is 4.53. The van der Waals surface area contributed by atoms with Gasteiger partial charge in [0, 0.05) is 6.61 Å². The number of aromatic amines is 1. The van der Waals surface area contributed by atoms with Gasteiger partial charge in [0.25, 0.3) is 5.56 Å². The van der Waals surface area contributed by atoms with Gasteiger partial charge in [-0.05, 0) is 20.3 Å². The lowest BCUT2D eigenvalue weighted by Crippen LogP contribution is -2.25. The molecule has 0 spiro atoms. The van der Waals surface area contributed by atoms with Crippen molar-refractivity contribution in [3.63, 3.8) is 0 Å². The maximum Gasteiger partial charge on any atom is 0.310 e. The predicted molar refractivity (Wildman–Crippen MR) is 78.9 cm³/mol. The Kier molecular flexibility index (Phi) is 6.87. The van der Waals surface area contributed by atoms with E-state index in [9.17, 15) is 9.59 Å². The Morgan fingerprint density at radius 3 is 2.57 bits per heavy atom. The van der Waals surface area contributed by atoms with Crippen LogP contribution in [0.15, 0.2) is 4.79 Å². The van der Waals surface area contributed by atoms with Crippen LogP contribution in [0.2, 0.25) is 0 Å². The van der Waals surface area contributed by atoms with Crippen LogP contribution >= 0.6 is 0 Å². The van der Waals surface area contributed by atoms with Crippen molar-refractivity contribution in [1.29, 1.82) is 0 Å². The second-order valence-corrected chi connectivity index (χ2v) is 4.53. The summed E-state index contributed by atoms with van der Waals surface area (Å²) in [6.07, 6.45) is 1.13. The number of esters is 1. The van der Waals surface area contributed by atoms with E-state index < -0.39 is 11.5 Å². The molecule has 1 aromatic rings. The molecule has 1 rings (SSSR count). The molecule has 21 heavy (non-hydrogen) atoms. The van der Waals surface area contributed by atoms with Crippen LogP contribution < -0.4 is 11.3 Å². The number of carbonyl (C=O) groups is 1. The SMILES string of the molecule is CCCC(OCC)c1nc(N)c(CC(=O)OCC)c(=O)[nH]1. The van der Waals surface area contributed by atoms with Crippen LogP contribution in [0.25, 0.3) is 0 Å². The molecule has 0 saturated carbocycles. The van der Waals surface area contributed by atoms with E-state index in [0.29, 0.717) is 12.4 Å². The van der Waals surface area contributed by atoms with Crippen LogP contribution in [0.3, 0.4) is 0 Å². The van der Waals surface area contributed by atoms with Crippen molar-refractivity contribution in [2.45, 2.75) is 46.1 Å². The van der Waals surface area contributed by atoms with Crippen LogP contribution in [-0.4, -0.2) is 29.2 Å². The Morgan fingerprint density at radius 1 is 1.33 bits per heavy atom. The first-order chi connectivity index (χ1) is 10.0. The quantitative estimate of drug-likeness (QED) is 0.701. The Bertz CT molecular complexity index is 521. The van der Waals surface area contributed by atoms with Gasteiger partial charge in [0.15, 0.2) is 0 Å². The molecule has 3 N–H and O–H groups in total. The minimum absolute atomic E-state index is 0.0441. The molecule has 0 aliphatic carbocycles. The minimum Gasteiger partial charge on any atom is -0.466 e. The van der Waals surface area contributed by atoms with Crippen LogP contribution in [0.4, 0.5) is 5.82 Å². The first-order valence-corrected chi connectivity index (χ1v) is 7.19. The van der Waals surface area contributed by atoms with Crippen molar-refractivity contribution in [3.05, 3.63) is 21.7 Å². The Hall–Kier alpha value is -1.89. The number of hydrogen-bond donors (Lipinski definition) is 2. The van der Waals surface area contributed by atoms with Gasteiger partial charge in [0.2, 0.25) is 0 Å². The highest BCUT2D eigenvalue weighted by Crippen LogP contribution is 2.19. The molecule has 0 amide bonds. The van der Waals surface area contributed by atoms with Crippen molar-refractivity contribution >= 4 is 11.8 Å². The summed E-state index contributed by atoms with van der Waals surface area (Å²) >= 11 is 0. The van der Waals surface area contributed by atoms with Gasteiger partial charge in [-0.15, -0.1) is 0 Å². The summed E-state index contributed by atoms with van der Waals surface area (Å²) in [5, 5.41) is 0. The minimum atomic E-state index is -0.501. The number of carbonyl (C=O) groups excluding carboxylic acids is 1. The largest absolute Gasteiger partial charge is 0.466 e. The number of nitrogen functional groups attached to an aromatic ring is 1. The van der Waals surface area contributed by atoms with Gasteiger partial charge in [-0.3, -0.25) is 9.59 Å². The number of anilines is 1. The number of nitrogens with two attached hydrogens (primary N) is 1. The third-order valence-corrected chi connectivity index (χ3v) is 2.92. The molecule has 0 aromatic carbocycles. The monoisotopic (exact) mass is 297 g/mol. The van der Waals surface area contributed by atoms with Crippen molar-refractivity contribution in [2.75, 3.05) is 18.9 Å². The summed E-state index contributed by atoms with van der Waals surface area (Å²) in [7, 11) is 0. The van der Waals surface area contributed by atoms with Gasteiger partial charge in [0.1, 0.15) is 17.7 Å². The fraction of sp³-hybridized carbons (Fsp3) is 0.643. The lowest BCUT2D eigenvalue weighted by Gasteiger charge is -2.16. The number of aromatic nitrogens is 2. The van der Waals surface area contributed by atoms with E-state index in [1.807, 2.05) is 13.8 Å². The van der Waals surface area contributed by atoms with Crippen molar-refractivity contribution in [2.24, 2.45) is 0 Å². The van der Waals surface area contributed by atoms with Crippen molar-refractivity contribution < 1.29 is 14.3 Å². The van der Waals surface area contributed by atoms with Crippen LogP contribution in [0.1, 0.15) is 51.1 Å². The third-order valence-electron chi connectivity index (χ3n) is 2.92. The number of nitrogens with one attached hydrogen (secondary N) is 1. The van der Waals surface area contributed by atoms with E-state index in [1.165, 1.54) is 0 Å². The predicted octanol–water partition coefficient (Wildman–Crippen LogP) is 1.34. The molecule has 0 fully saturated rings. The molecule has 118 valence electrons. The Labute approximate surface area is 123 Å². The number of H-pyrrole nitrogens is 1. The Balaban J connectivity index is 3.02. The van der Waals surface area contributed by atoms with Gasteiger partial charge in [-0.25, -0.2) is 4.98 Å². The van der Waals surface area contributed by atoms with E-state index in [2.05, 4.69) is 9.97 Å². The molecule has 0 radical (unpaired) electrons. The smallest absolute Gasteiger partial charge is 0.310 e. The summed E-state index contributed by atoms with van der Waals surface area (Å²) in [6.45, 7) is 6.36. The highest BCUT2D eigenvalue weighted by molar-refractivity contribution is 5.74. The maximum absolute atomic E-state index is 12.1. The van der Waals surface area contributed by atoms with Gasteiger partial charge in [-0.2, -0.15) is 0 Å². The van der Waals surface area contributed by atoms with E-state index >= 15 is 0 Å². The normalized spacial score (nSPS) is 12.1. The molecule has 0 aliphatic heterocycles. The number of rotatable bonds is 8. The fourth-order valence-electron chi connectivity index (χ4n) is 1.98. The average molecular weight is 297 g/mol. The van der Waals surface area contributed by atoms with Crippen molar-refractivity contribution in [1.82, 2.24) is 9.97 Å². The molecule has 0 bridgehead atoms. The molecule has 1 aromatic heterocycles. The third kappa shape index (κ3) is 4.86. The molecule has 1 unspecified atom stereocenters. The summed E-state index contributed by atoms with van der Waals surface area (Å²) < 4.78 is 10.4. The highest BCUT2D eigenvalue weighted by atomic mass is 16.5. The average Bonchev–Trinajstić information content (AvgIpc) is 2.42. The first kappa shape index (κ1) is 17.2. The van der Waals surface area contributed by atoms with Gasteiger partial charge in [0.05, 0.1) is 18.6 Å². The lowest BCUT2D eigenvalue weighted by atomic mass is 10.1. The lowest BCUT2D eigenvalue weighted by molar-refractivity contribution is -0.142. The van der Waals surface area contributed by atoms with Crippen molar-refractivity contribution in [3.8, 4) is 0 Å². The number of ether oxygens (including phenoxy) is 2. The van der Waals surface area contributed by atoms with Crippen LogP contribution in [0, 0.1) is 0 Å². The zero-order chi connectivity index (χ0) is 15.8. The van der Waals surface area contributed by atoms with Crippen LogP contribution in [-0.2, 0) is 20.7 Å². The topological polar surface area (TPSA) is 107 Å². The molecule has 7 nitrogen and oxygen atoms in total. The number of nitrogens with zero attached hydrogens (tertiary/aromatic N) is 1. The summed E-state index contributed by atoms with van der Waals surface area (Å²) in [6, 6.07) is 0. The molecule has 0 aliphatic rings. The fourth-order valence-corrected chi connectivity index (χ4v) is 1.98. The zero-order valence-corrected chi connectivity index (χ0v) is 12.8. The van der Waals surface area contributed by atoms with E-state index in [0.717, 1.165) is 12.8 Å². The van der Waals surface area contributed by atoms with Gasteiger partial charge < -0.3 is 20.2 Å². The maximum atomic E-state index is 12.1. The second kappa shape index (κ2) is 8.41. The van der Waals surface area contributed by atoms with Gasteiger partial charge >= 0.3 is 5.97 Å². The first-order valence-electron chi connectivity index (χ1n) is 7.19. The zero-order valence-electron chi connectivity index (χ0n) is 12.8. The summed E-state index contributed by atoms with van der Waals surface area (Å²) in [5.74, 6) is -0.0596. The standard InChI is InChI=1S/C14H23N3O4/c1-4-7-10(20-5-2)13-16-12(15)9(14(19)17-13)8-11(18)21-6-3/h10H,4-8H2,1-3H3,(H3,15,16,17,19). The number of hydrogen-bond acceptors (Lipinski definition) is 6. The Morgan fingerprint density at radius 2 is 2.05 bits per heavy atom. The van der Waals surface area contributed by atoms with Crippen LogP contribution in [0.5, 0.6) is 0 Å². The van der Waals surface area contributed by atoms with Gasteiger partial charge in [-0.1, -0.05) is 13.3 Å². The summed E-state index contributed by atoms with van der Waals surface area (Å²) in [5.41, 5.74) is 5.51. The molecular formula is C14H23N3O4. The molecule has 0 saturated heterocycles. The van der Waals surface area contributed by atoms with E-state index in [-0.39, 0.29) is 30.5 Å². The highest BCUT2D eigenvalue weighted by Gasteiger charge is 2.18. The molecule has 1 atom stereocenters. The molecular weight excluding hydrogens is 274 g/mol. The molecule has 7 heteroatoms. The summed E-state index contributed by atoms with van der Waals surface area (Å²) in [4.78, 5) is 30.4. The van der Waals surface area contributed by atoms with E-state index in [4.69, 9.17) is 15.2 Å². The molecule has 1 heterocycles.